The first-order valence-electron chi connectivity index (χ1n) is 9.98. The lowest BCUT2D eigenvalue weighted by molar-refractivity contribution is -0.136. The maximum atomic E-state index is 10.4. The summed E-state index contributed by atoms with van der Waals surface area (Å²) >= 11 is 0. The molecule has 28 heavy (non-hydrogen) atoms. The molecule has 1 fully saturated rings. The Balaban J connectivity index is 2.23. The van der Waals surface area contributed by atoms with Crippen LogP contribution in [0, 0.1) is 0 Å². The van der Waals surface area contributed by atoms with E-state index in [1.807, 2.05) is 43.4 Å². The van der Waals surface area contributed by atoms with E-state index in [2.05, 4.69) is 0 Å². The van der Waals surface area contributed by atoms with Gasteiger partial charge in [0.15, 0.2) is 0 Å². The minimum atomic E-state index is -0.837. The molecule has 1 rings (SSSR count). The average molecular weight is 395 g/mol. The molecule has 4 N–H and O–H groups in total. The zero-order valence-electron chi connectivity index (χ0n) is 16.6. The van der Waals surface area contributed by atoms with Crippen molar-refractivity contribution in [2.24, 2.45) is 0 Å². The molecule has 0 aromatic heterocycles. The third-order valence-corrected chi connectivity index (χ3v) is 4.52. The van der Waals surface area contributed by atoms with Crippen molar-refractivity contribution >= 4 is 5.97 Å². The highest BCUT2D eigenvalue weighted by Gasteiger charge is 2.36. The van der Waals surface area contributed by atoms with Gasteiger partial charge in [-0.3, -0.25) is 4.79 Å². The fourth-order valence-corrected chi connectivity index (χ4v) is 2.79. The molecule has 0 aromatic rings. The molecule has 0 radical (unpaired) electrons. The second-order valence-corrected chi connectivity index (χ2v) is 6.92. The number of carbonyl (C=O) groups is 1. The van der Waals surface area contributed by atoms with Crippen LogP contribution in [0.15, 0.2) is 48.6 Å². The Bertz CT molecular complexity index is 551. The fourth-order valence-electron chi connectivity index (χ4n) is 2.79. The summed E-state index contributed by atoms with van der Waals surface area (Å²) in [5, 5.41) is 38.2. The minimum absolute atomic E-state index is 0.160. The number of hydrogen-bond acceptors (Lipinski definition) is 5. The maximum absolute atomic E-state index is 10.4. The van der Waals surface area contributed by atoms with Gasteiger partial charge in [-0.15, -0.1) is 0 Å². The van der Waals surface area contributed by atoms with Gasteiger partial charge in [-0.1, -0.05) is 55.5 Å². The standard InChI is InChI=1S/C22H34O6/c1-2-17(23)14-15-18(24)21-16-19(25)20(28-21)12-10-8-6-4-3-5-7-9-11-13-22(26)27/h3-4,7-10,14-15,17-21,23-25H,2,5-6,11-13,16H2,1H3,(H,26,27)/b4-3-,9-7-,10-8-,15-14+/t17-,18-,19+,20-,21+/m0/s1. The third kappa shape index (κ3) is 10.6. The smallest absolute Gasteiger partial charge is 0.303 e. The van der Waals surface area contributed by atoms with Crippen molar-refractivity contribution in [2.75, 3.05) is 0 Å². The second kappa shape index (κ2) is 14.3. The van der Waals surface area contributed by atoms with E-state index in [4.69, 9.17) is 9.84 Å². The van der Waals surface area contributed by atoms with Crippen molar-refractivity contribution < 1.29 is 30.0 Å². The van der Waals surface area contributed by atoms with Gasteiger partial charge in [0, 0.05) is 12.8 Å². The highest BCUT2D eigenvalue weighted by molar-refractivity contribution is 5.66. The summed E-state index contributed by atoms with van der Waals surface area (Å²) in [6.45, 7) is 1.86. The molecule has 158 valence electrons. The Kier molecular flexibility index (Phi) is 12.4. The lowest BCUT2D eigenvalue weighted by atomic mass is 10.0. The zero-order chi connectivity index (χ0) is 20.8. The Hall–Kier alpha value is -1.73. The Labute approximate surface area is 167 Å². The van der Waals surface area contributed by atoms with Crippen LogP contribution in [0.2, 0.25) is 0 Å². The molecule has 6 nitrogen and oxygen atoms in total. The molecule has 0 aromatic carbocycles. The zero-order valence-corrected chi connectivity index (χ0v) is 16.6. The fraction of sp³-hybridized carbons (Fsp3) is 0.591. The van der Waals surface area contributed by atoms with Gasteiger partial charge in [-0.05, 0) is 32.1 Å². The predicted molar refractivity (Wildman–Crippen MR) is 109 cm³/mol. The van der Waals surface area contributed by atoms with E-state index in [0.717, 1.165) is 12.8 Å². The van der Waals surface area contributed by atoms with E-state index in [-0.39, 0.29) is 12.5 Å². The second-order valence-electron chi connectivity index (χ2n) is 6.92. The Morgan fingerprint density at radius 2 is 1.71 bits per heavy atom. The van der Waals surface area contributed by atoms with Crippen molar-refractivity contribution in [1.29, 1.82) is 0 Å². The topological polar surface area (TPSA) is 107 Å². The highest BCUT2D eigenvalue weighted by Crippen LogP contribution is 2.26. The van der Waals surface area contributed by atoms with Gasteiger partial charge in [-0.2, -0.15) is 0 Å². The van der Waals surface area contributed by atoms with Gasteiger partial charge < -0.3 is 25.2 Å². The first kappa shape index (κ1) is 24.3. The van der Waals surface area contributed by atoms with E-state index in [0.29, 0.717) is 25.7 Å². The molecule has 0 bridgehead atoms. The quantitative estimate of drug-likeness (QED) is 0.358. The van der Waals surface area contributed by atoms with E-state index >= 15 is 0 Å². The van der Waals surface area contributed by atoms with Crippen LogP contribution < -0.4 is 0 Å². The molecule has 5 atom stereocenters. The number of aliphatic hydroxyl groups is 3. The SMILES string of the molecule is CC[C@H](O)/C=C/[C@H](O)[C@H]1C[C@@H](O)[C@H](C/C=C\C/C=C\C/C=C\CCC(=O)O)O1. The molecule has 0 spiro atoms. The molecule has 1 aliphatic rings. The molecule has 1 heterocycles. The maximum Gasteiger partial charge on any atom is 0.303 e. The van der Waals surface area contributed by atoms with Crippen LogP contribution >= 0.6 is 0 Å². The average Bonchev–Trinajstić information content (AvgIpc) is 3.04. The number of allylic oxidation sites excluding steroid dienone is 5. The van der Waals surface area contributed by atoms with Gasteiger partial charge >= 0.3 is 5.97 Å². The molecule has 6 heteroatoms. The highest BCUT2D eigenvalue weighted by atomic mass is 16.5. The molecule has 1 aliphatic heterocycles. The van der Waals surface area contributed by atoms with Crippen molar-refractivity contribution in [3.63, 3.8) is 0 Å². The number of aliphatic hydroxyl groups excluding tert-OH is 3. The third-order valence-electron chi connectivity index (χ3n) is 4.52. The Morgan fingerprint density at radius 1 is 1.07 bits per heavy atom. The van der Waals surface area contributed by atoms with Gasteiger partial charge in [0.25, 0.3) is 0 Å². The monoisotopic (exact) mass is 394 g/mol. The number of ether oxygens (including phenoxy) is 1. The minimum Gasteiger partial charge on any atom is -0.481 e. The lowest BCUT2D eigenvalue weighted by Crippen LogP contribution is -2.24. The summed E-state index contributed by atoms with van der Waals surface area (Å²) in [7, 11) is 0. The van der Waals surface area contributed by atoms with Crippen LogP contribution in [-0.4, -0.2) is 56.9 Å². The van der Waals surface area contributed by atoms with Crippen LogP contribution in [-0.2, 0) is 9.53 Å². The van der Waals surface area contributed by atoms with Crippen molar-refractivity contribution in [3.05, 3.63) is 48.6 Å². The number of carboxylic acid groups (broad SMARTS) is 1. The lowest BCUT2D eigenvalue weighted by Gasteiger charge is -2.16. The van der Waals surface area contributed by atoms with Crippen LogP contribution in [0.3, 0.4) is 0 Å². The van der Waals surface area contributed by atoms with Gasteiger partial charge in [0.05, 0.1) is 30.5 Å². The first-order chi connectivity index (χ1) is 13.4. The van der Waals surface area contributed by atoms with E-state index < -0.39 is 30.4 Å². The number of hydrogen-bond donors (Lipinski definition) is 4. The summed E-state index contributed by atoms with van der Waals surface area (Å²) in [6.07, 6.45) is 15.9. The van der Waals surface area contributed by atoms with E-state index in [9.17, 15) is 20.1 Å². The molecule has 0 amide bonds. The van der Waals surface area contributed by atoms with Crippen molar-refractivity contribution in [2.45, 2.75) is 82.4 Å². The van der Waals surface area contributed by atoms with Crippen LogP contribution in [0.5, 0.6) is 0 Å². The number of aliphatic carboxylic acids is 1. The van der Waals surface area contributed by atoms with Crippen molar-refractivity contribution in [3.8, 4) is 0 Å². The van der Waals surface area contributed by atoms with Gasteiger partial charge in [-0.25, -0.2) is 0 Å². The van der Waals surface area contributed by atoms with Gasteiger partial charge in [0.1, 0.15) is 0 Å². The summed E-state index contributed by atoms with van der Waals surface area (Å²) in [4.78, 5) is 10.4. The largest absolute Gasteiger partial charge is 0.481 e. The normalized spacial score (nSPS) is 25.5. The van der Waals surface area contributed by atoms with E-state index in [1.54, 1.807) is 6.08 Å². The van der Waals surface area contributed by atoms with Crippen LogP contribution in [0.4, 0.5) is 0 Å². The molecular formula is C22H34O6. The van der Waals surface area contributed by atoms with Crippen LogP contribution in [0.25, 0.3) is 0 Å². The number of rotatable bonds is 13. The first-order valence-corrected chi connectivity index (χ1v) is 9.98. The molecule has 0 saturated carbocycles. The molecule has 0 aliphatic carbocycles. The molecule has 1 saturated heterocycles. The Morgan fingerprint density at radius 3 is 2.36 bits per heavy atom. The van der Waals surface area contributed by atoms with E-state index in [1.165, 1.54) is 6.08 Å². The summed E-state index contributed by atoms with van der Waals surface area (Å²) in [5.41, 5.74) is 0. The summed E-state index contributed by atoms with van der Waals surface area (Å²) in [6, 6.07) is 0. The van der Waals surface area contributed by atoms with Crippen molar-refractivity contribution in [1.82, 2.24) is 0 Å². The summed E-state index contributed by atoms with van der Waals surface area (Å²) < 4.78 is 5.75. The van der Waals surface area contributed by atoms with Crippen LogP contribution in [0.1, 0.15) is 51.9 Å². The number of carboxylic acids is 1. The predicted octanol–water partition coefficient (Wildman–Crippen LogP) is 2.90. The summed E-state index contributed by atoms with van der Waals surface area (Å²) in [5.74, 6) is -0.783. The molecule has 0 unspecified atom stereocenters. The molecular weight excluding hydrogens is 360 g/mol. The van der Waals surface area contributed by atoms with Gasteiger partial charge in [0.2, 0.25) is 0 Å².